The zero-order chi connectivity index (χ0) is 14.7. The van der Waals surface area contributed by atoms with Crippen molar-refractivity contribution < 1.29 is 4.79 Å². The highest BCUT2D eigenvalue weighted by molar-refractivity contribution is 7.11. The first-order valence-electron chi connectivity index (χ1n) is 7.34. The minimum Gasteiger partial charge on any atom is -0.341 e. The Morgan fingerprint density at radius 1 is 1.40 bits per heavy atom. The molecule has 0 saturated carbocycles. The topological polar surface area (TPSA) is 36.4 Å². The molecule has 20 heavy (non-hydrogen) atoms. The lowest BCUT2D eigenvalue weighted by molar-refractivity contribution is -0.130. The van der Waals surface area contributed by atoms with Crippen molar-refractivity contribution in [3.8, 4) is 0 Å². The largest absolute Gasteiger partial charge is 0.341 e. The van der Waals surface area contributed by atoms with Gasteiger partial charge in [-0.3, -0.25) is 4.79 Å². The molecule has 0 N–H and O–H groups in total. The van der Waals surface area contributed by atoms with Gasteiger partial charge in [-0.2, -0.15) is 0 Å². The molecule has 1 aliphatic heterocycles. The molecule has 1 aromatic heterocycles. The van der Waals surface area contributed by atoms with Crippen molar-refractivity contribution in [1.82, 2.24) is 14.8 Å². The molecule has 112 valence electrons. The minimum absolute atomic E-state index is 0.255. The first-order valence-corrected chi connectivity index (χ1v) is 8.16. The van der Waals surface area contributed by atoms with Crippen LogP contribution in [0.2, 0.25) is 0 Å². The lowest BCUT2D eigenvalue weighted by Gasteiger charge is -2.28. The molecule has 5 heteroatoms. The van der Waals surface area contributed by atoms with E-state index in [0.717, 1.165) is 35.1 Å². The van der Waals surface area contributed by atoms with Gasteiger partial charge in [0.05, 0.1) is 17.1 Å². The van der Waals surface area contributed by atoms with Crippen LogP contribution in [-0.4, -0.2) is 53.9 Å². The average molecular weight is 295 g/mol. The van der Waals surface area contributed by atoms with E-state index in [1.54, 1.807) is 11.3 Å². The average Bonchev–Trinajstić information content (AvgIpc) is 2.60. The number of carbonyl (C=O) groups is 1. The minimum atomic E-state index is 0.255. The van der Waals surface area contributed by atoms with E-state index in [1.165, 1.54) is 12.8 Å². The number of nitrogens with zero attached hydrogens (tertiary/aromatic N) is 3. The molecule has 2 heterocycles. The molecule has 0 unspecified atom stereocenters. The predicted molar refractivity (Wildman–Crippen MR) is 83.2 cm³/mol. The van der Waals surface area contributed by atoms with Crippen molar-refractivity contribution in [2.24, 2.45) is 0 Å². The maximum absolute atomic E-state index is 12.5. The van der Waals surface area contributed by atoms with Gasteiger partial charge in [-0.1, -0.05) is 6.42 Å². The zero-order valence-electron chi connectivity index (χ0n) is 13.0. The third kappa shape index (κ3) is 3.79. The second-order valence-electron chi connectivity index (χ2n) is 5.87. The summed E-state index contributed by atoms with van der Waals surface area (Å²) in [5, 5.41) is 1.05. The highest BCUT2D eigenvalue weighted by Crippen LogP contribution is 2.20. The van der Waals surface area contributed by atoms with E-state index in [4.69, 9.17) is 0 Å². The highest BCUT2D eigenvalue weighted by atomic mass is 32.1. The fraction of sp³-hybridized carbons (Fsp3) is 0.733. The number of likely N-dealkylation sites (tertiary alicyclic amines) is 1. The summed E-state index contributed by atoms with van der Waals surface area (Å²) in [4.78, 5) is 22.4. The van der Waals surface area contributed by atoms with E-state index in [0.29, 0.717) is 12.5 Å². The maximum Gasteiger partial charge on any atom is 0.227 e. The lowest BCUT2D eigenvalue weighted by Crippen LogP contribution is -2.42. The summed E-state index contributed by atoms with van der Waals surface area (Å²) in [5.41, 5.74) is 1.01. The molecule has 1 fully saturated rings. The monoisotopic (exact) mass is 295 g/mol. The summed E-state index contributed by atoms with van der Waals surface area (Å²) in [6.45, 7) is 5.76. The number of likely N-dealkylation sites (N-methyl/N-ethyl adjacent to an activating group) is 1. The maximum atomic E-state index is 12.5. The molecule has 1 saturated heterocycles. The Kier molecular flexibility index (Phi) is 5.16. The van der Waals surface area contributed by atoms with Crippen LogP contribution < -0.4 is 0 Å². The third-order valence-electron chi connectivity index (χ3n) is 4.04. The Balaban J connectivity index is 2.02. The summed E-state index contributed by atoms with van der Waals surface area (Å²) >= 11 is 1.65. The van der Waals surface area contributed by atoms with Gasteiger partial charge < -0.3 is 9.80 Å². The van der Waals surface area contributed by atoms with E-state index in [2.05, 4.69) is 24.0 Å². The second-order valence-corrected chi connectivity index (χ2v) is 7.16. The van der Waals surface area contributed by atoms with Crippen LogP contribution >= 0.6 is 11.3 Å². The van der Waals surface area contributed by atoms with E-state index >= 15 is 0 Å². The van der Waals surface area contributed by atoms with Crippen LogP contribution in [0.1, 0.15) is 34.8 Å². The fourth-order valence-electron chi connectivity index (χ4n) is 2.75. The molecular formula is C15H25N3OS. The Bertz CT molecular complexity index is 470. The van der Waals surface area contributed by atoms with Gasteiger partial charge in [0.2, 0.25) is 5.91 Å². The smallest absolute Gasteiger partial charge is 0.227 e. The molecule has 0 radical (unpaired) electrons. The van der Waals surface area contributed by atoms with E-state index in [1.807, 2.05) is 18.7 Å². The normalized spacial score (nSPS) is 20.2. The third-order valence-corrected chi connectivity index (χ3v) is 5.11. The van der Waals surface area contributed by atoms with Crippen LogP contribution in [0.5, 0.6) is 0 Å². The molecule has 1 aliphatic rings. The molecule has 1 aromatic rings. The Morgan fingerprint density at radius 2 is 2.15 bits per heavy atom. The van der Waals surface area contributed by atoms with Crippen molar-refractivity contribution in [3.05, 3.63) is 15.6 Å². The van der Waals surface area contributed by atoms with Crippen molar-refractivity contribution in [2.45, 2.75) is 45.6 Å². The molecule has 2 rings (SSSR count). The number of aryl methyl sites for hydroxylation is 2. The van der Waals surface area contributed by atoms with E-state index in [9.17, 15) is 4.79 Å². The van der Waals surface area contributed by atoms with Crippen LogP contribution in [0.15, 0.2) is 0 Å². The van der Waals surface area contributed by atoms with Gasteiger partial charge in [0.25, 0.3) is 0 Å². The Labute approximate surface area is 125 Å². The van der Waals surface area contributed by atoms with Gasteiger partial charge in [0.15, 0.2) is 0 Å². The lowest BCUT2D eigenvalue weighted by atomic mass is 10.1. The first-order chi connectivity index (χ1) is 9.47. The van der Waals surface area contributed by atoms with Crippen LogP contribution in [-0.2, 0) is 11.2 Å². The Morgan fingerprint density at radius 3 is 2.75 bits per heavy atom. The first kappa shape index (κ1) is 15.4. The quantitative estimate of drug-likeness (QED) is 0.858. The predicted octanol–water partition coefficient (Wildman–Crippen LogP) is 2.25. The van der Waals surface area contributed by atoms with Gasteiger partial charge in [-0.15, -0.1) is 11.3 Å². The molecular weight excluding hydrogens is 270 g/mol. The van der Waals surface area contributed by atoms with Crippen molar-refractivity contribution in [2.75, 3.05) is 27.2 Å². The van der Waals surface area contributed by atoms with Gasteiger partial charge in [-0.05, 0) is 40.8 Å². The van der Waals surface area contributed by atoms with Gasteiger partial charge in [-0.25, -0.2) is 4.98 Å². The zero-order valence-corrected chi connectivity index (χ0v) is 13.8. The number of aromatic nitrogens is 1. The van der Waals surface area contributed by atoms with Crippen molar-refractivity contribution >= 4 is 17.2 Å². The molecule has 0 spiro atoms. The highest BCUT2D eigenvalue weighted by Gasteiger charge is 2.24. The van der Waals surface area contributed by atoms with Crippen LogP contribution in [0.25, 0.3) is 0 Å². The second kappa shape index (κ2) is 6.68. The van der Waals surface area contributed by atoms with Crippen LogP contribution in [0, 0.1) is 13.8 Å². The van der Waals surface area contributed by atoms with Crippen molar-refractivity contribution in [3.63, 3.8) is 0 Å². The summed E-state index contributed by atoms with van der Waals surface area (Å²) in [5.74, 6) is 0.255. The molecule has 1 atom stereocenters. The molecule has 0 aliphatic carbocycles. The Hall–Kier alpha value is -0.940. The number of amides is 1. The molecule has 0 aromatic carbocycles. The van der Waals surface area contributed by atoms with Gasteiger partial charge in [0, 0.05) is 24.0 Å². The number of hydrogen-bond donors (Lipinski definition) is 0. The van der Waals surface area contributed by atoms with Crippen LogP contribution in [0.4, 0.5) is 0 Å². The van der Waals surface area contributed by atoms with E-state index < -0.39 is 0 Å². The SMILES string of the molecule is Cc1nc(C)c(CC(=O)N2CCCC[C@H](N(C)C)C2)s1. The fourth-order valence-corrected chi connectivity index (χ4v) is 3.68. The number of rotatable bonds is 3. The van der Waals surface area contributed by atoms with Gasteiger partial charge in [0.1, 0.15) is 0 Å². The standard InChI is InChI=1S/C15H25N3OS/c1-11-14(20-12(2)16-11)9-15(19)18-8-6-5-7-13(10-18)17(3)4/h13H,5-10H2,1-4H3/t13-/m0/s1. The van der Waals surface area contributed by atoms with E-state index in [-0.39, 0.29) is 5.91 Å². The summed E-state index contributed by atoms with van der Waals surface area (Å²) in [7, 11) is 4.21. The van der Waals surface area contributed by atoms with Crippen LogP contribution in [0.3, 0.4) is 0 Å². The summed E-state index contributed by atoms with van der Waals surface area (Å²) < 4.78 is 0. The molecule has 0 bridgehead atoms. The number of carbonyl (C=O) groups excluding carboxylic acids is 1. The number of thiazole rings is 1. The number of hydrogen-bond acceptors (Lipinski definition) is 4. The summed E-state index contributed by atoms with van der Waals surface area (Å²) in [6, 6.07) is 0.491. The molecule has 4 nitrogen and oxygen atoms in total. The molecule has 1 amide bonds. The summed E-state index contributed by atoms with van der Waals surface area (Å²) in [6.07, 6.45) is 4.04. The van der Waals surface area contributed by atoms with Crippen molar-refractivity contribution in [1.29, 1.82) is 0 Å². The van der Waals surface area contributed by atoms with Gasteiger partial charge >= 0.3 is 0 Å².